The van der Waals surface area contributed by atoms with Crippen LogP contribution in [0.1, 0.15) is 44.4 Å². The van der Waals surface area contributed by atoms with Gasteiger partial charge in [0, 0.05) is 55.0 Å². The van der Waals surface area contributed by atoms with Crippen molar-refractivity contribution in [2.45, 2.75) is 39.7 Å². The van der Waals surface area contributed by atoms with Crippen LogP contribution in [-0.2, 0) is 22.2 Å². The molecule has 7 heteroatoms. The van der Waals surface area contributed by atoms with E-state index in [-0.39, 0.29) is 11.9 Å². The molecule has 0 fully saturated rings. The Labute approximate surface area is 156 Å². The maximum Gasteiger partial charge on any atom is 0.225 e. The van der Waals surface area contributed by atoms with Crippen molar-refractivity contribution in [3.8, 4) is 11.1 Å². The third kappa shape index (κ3) is 3.99. The van der Waals surface area contributed by atoms with Crippen molar-refractivity contribution in [3.63, 3.8) is 0 Å². The quantitative estimate of drug-likeness (QED) is 0.876. The number of nitrogens with zero attached hydrogens (tertiary/aromatic N) is 3. The van der Waals surface area contributed by atoms with E-state index < -0.39 is 11.0 Å². The molecule has 26 heavy (non-hydrogen) atoms. The number of nitrogens with one attached hydrogen (secondary N) is 1. The van der Waals surface area contributed by atoms with E-state index in [4.69, 9.17) is 0 Å². The zero-order chi connectivity index (χ0) is 18.7. The van der Waals surface area contributed by atoms with Crippen LogP contribution in [0.15, 0.2) is 30.7 Å². The second-order valence-corrected chi connectivity index (χ2v) is 7.97. The van der Waals surface area contributed by atoms with Gasteiger partial charge in [0.05, 0.1) is 11.0 Å². The van der Waals surface area contributed by atoms with Gasteiger partial charge in [-0.2, -0.15) is 0 Å². The van der Waals surface area contributed by atoms with Crippen molar-refractivity contribution < 1.29 is 9.00 Å². The number of amides is 1. The Kier molecular flexibility index (Phi) is 5.78. The molecule has 0 aromatic carbocycles. The lowest BCUT2D eigenvalue weighted by Gasteiger charge is -2.27. The van der Waals surface area contributed by atoms with Gasteiger partial charge in [0.15, 0.2) is 0 Å². The lowest BCUT2D eigenvalue weighted by atomic mass is 10.00. The second-order valence-electron chi connectivity index (χ2n) is 6.46. The van der Waals surface area contributed by atoms with Crippen molar-refractivity contribution >= 4 is 22.7 Å². The van der Waals surface area contributed by atoms with Gasteiger partial charge in [-0.15, -0.1) is 0 Å². The highest BCUT2D eigenvalue weighted by Gasteiger charge is 2.22. The first-order chi connectivity index (χ1) is 12.5. The smallest absolute Gasteiger partial charge is 0.225 e. The summed E-state index contributed by atoms with van der Waals surface area (Å²) in [6.07, 6.45) is 7.25. The number of carbonyl (C=O) groups is 1. The number of rotatable bonds is 5. The minimum atomic E-state index is -1.05. The summed E-state index contributed by atoms with van der Waals surface area (Å²) in [5.41, 5.74) is 4.01. The molecule has 0 saturated heterocycles. The predicted octanol–water partition coefficient (Wildman–Crippen LogP) is 2.78. The number of aromatic nitrogens is 2. The highest BCUT2D eigenvalue weighted by Crippen LogP contribution is 2.30. The Morgan fingerprint density at radius 3 is 2.81 bits per heavy atom. The molecule has 2 aromatic rings. The van der Waals surface area contributed by atoms with Crippen LogP contribution in [0.25, 0.3) is 11.1 Å². The van der Waals surface area contributed by atoms with Crippen LogP contribution in [0.5, 0.6) is 0 Å². The van der Waals surface area contributed by atoms with E-state index in [9.17, 15) is 9.00 Å². The maximum absolute atomic E-state index is 11.8. The molecule has 1 unspecified atom stereocenters. The molecule has 2 aromatic heterocycles. The minimum absolute atomic E-state index is 0.0266. The summed E-state index contributed by atoms with van der Waals surface area (Å²) in [5.74, 6) is 1.36. The van der Waals surface area contributed by atoms with Gasteiger partial charge in [-0.05, 0) is 43.0 Å². The summed E-state index contributed by atoms with van der Waals surface area (Å²) < 4.78 is 14.8. The third-order valence-electron chi connectivity index (χ3n) is 4.57. The maximum atomic E-state index is 11.8. The van der Waals surface area contributed by atoms with Gasteiger partial charge in [0.2, 0.25) is 5.91 Å². The van der Waals surface area contributed by atoms with Crippen molar-refractivity contribution in [2.75, 3.05) is 17.2 Å². The molecule has 0 saturated carbocycles. The fraction of sp³-hybridized carbons (Fsp3) is 0.421. The van der Waals surface area contributed by atoms with E-state index in [1.54, 1.807) is 24.2 Å². The number of hydrogen-bond acceptors (Lipinski definition) is 4. The van der Waals surface area contributed by atoms with E-state index in [1.807, 2.05) is 26.1 Å². The first kappa shape index (κ1) is 18.7. The molecule has 0 spiro atoms. The predicted molar refractivity (Wildman–Crippen MR) is 104 cm³/mol. The summed E-state index contributed by atoms with van der Waals surface area (Å²) in [6.45, 7) is 6.16. The summed E-state index contributed by atoms with van der Waals surface area (Å²) in [5, 5.41) is 0. The Morgan fingerprint density at radius 1 is 1.31 bits per heavy atom. The zero-order valence-corrected chi connectivity index (χ0v) is 16.2. The monoisotopic (exact) mass is 372 g/mol. The Hall–Kier alpha value is -2.12. The van der Waals surface area contributed by atoms with Crippen LogP contribution in [0.2, 0.25) is 0 Å². The summed E-state index contributed by atoms with van der Waals surface area (Å²) in [6, 6.07) is 4.09. The first-order valence-corrected chi connectivity index (χ1v) is 10.2. The molecule has 6 nitrogen and oxygen atoms in total. The van der Waals surface area contributed by atoms with Crippen molar-refractivity contribution in [1.82, 2.24) is 14.7 Å². The Balaban J connectivity index is 1.89. The SMILES string of the molecule is CCS(=O)N[C@H](C)c1cncc(-c2cnc3c(c2)CCCN3C(C)=O)c1. The highest BCUT2D eigenvalue weighted by molar-refractivity contribution is 7.82. The van der Waals surface area contributed by atoms with Gasteiger partial charge in [-0.25, -0.2) is 13.9 Å². The molecule has 3 rings (SSSR count). The number of carbonyl (C=O) groups excluding carboxylic acids is 1. The molecule has 0 bridgehead atoms. The first-order valence-electron chi connectivity index (χ1n) is 8.86. The van der Waals surface area contributed by atoms with Crippen LogP contribution >= 0.6 is 0 Å². The van der Waals surface area contributed by atoms with Gasteiger partial charge < -0.3 is 0 Å². The number of anilines is 1. The fourth-order valence-electron chi connectivity index (χ4n) is 3.13. The van der Waals surface area contributed by atoms with Crippen LogP contribution in [-0.4, -0.2) is 32.4 Å². The molecule has 3 heterocycles. The highest BCUT2D eigenvalue weighted by atomic mass is 32.2. The largest absolute Gasteiger partial charge is 0.297 e. The van der Waals surface area contributed by atoms with Gasteiger partial charge in [0.1, 0.15) is 5.82 Å². The van der Waals surface area contributed by atoms with Crippen molar-refractivity contribution in [3.05, 3.63) is 41.9 Å². The number of aryl methyl sites for hydroxylation is 1. The van der Waals surface area contributed by atoms with E-state index >= 15 is 0 Å². The third-order valence-corrected chi connectivity index (χ3v) is 5.71. The molecule has 1 N–H and O–H groups in total. The average molecular weight is 372 g/mol. The number of fused-ring (bicyclic) bond motifs is 1. The van der Waals surface area contributed by atoms with Crippen molar-refractivity contribution in [2.24, 2.45) is 0 Å². The number of pyridine rings is 2. The van der Waals surface area contributed by atoms with E-state index in [2.05, 4.69) is 20.8 Å². The fourth-order valence-corrected chi connectivity index (χ4v) is 3.83. The summed E-state index contributed by atoms with van der Waals surface area (Å²) in [4.78, 5) is 22.4. The van der Waals surface area contributed by atoms with Gasteiger partial charge in [-0.3, -0.25) is 14.7 Å². The lowest BCUT2D eigenvalue weighted by Crippen LogP contribution is -2.34. The minimum Gasteiger partial charge on any atom is -0.297 e. The Morgan fingerprint density at radius 2 is 2.08 bits per heavy atom. The van der Waals surface area contributed by atoms with Crippen molar-refractivity contribution in [1.29, 1.82) is 0 Å². The topological polar surface area (TPSA) is 75.2 Å². The lowest BCUT2D eigenvalue weighted by molar-refractivity contribution is -0.116. The summed E-state index contributed by atoms with van der Waals surface area (Å²) in [7, 11) is -1.05. The van der Waals surface area contributed by atoms with Crippen LogP contribution in [0.4, 0.5) is 5.82 Å². The average Bonchev–Trinajstić information content (AvgIpc) is 2.66. The molecule has 1 aliphatic rings. The zero-order valence-electron chi connectivity index (χ0n) is 15.4. The molecular weight excluding hydrogens is 348 g/mol. The molecule has 0 radical (unpaired) electrons. The molecular formula is C19H24N4O2S. The Bertz CT molecular complexity index is 840. The standard InChI is InChI=1S/C19H24N4O2S/c1-4-26(25)22-13(2)16-9-17(11-20-10-16)18-8-15-6-5-7-23(14(3)24)19(15)21-12-18/h8-13,22H,4-7H2,1-3H3/t13-,26?/m1/s1. The molecule has 138 valence electrons. The molecule has 0 aliphatic carbocycles. The van der Waals surface area contributed by atoms with E-state index in [0.29, 0.717) is 5.75 Å². The van der Waals surface area contributed by atoms with E-state index in [1.165, 1.54) is 0 Å². The molecule has 2 atom stereocenters. The normalized spacial score (nSPS) is 16.0. The van der Waals surface area contributed by atoms with Gasteiger partial charge in [0.25, 0.3) is 0 Å². The second kappa shape index (κ2) is 8.05. The van der Waals surface area contributed by atoms with Gasteiger partial charge in [-0.1, -0.05) is 6.92 Å². The van der Waals surface area contributed by atoms with Crippen LogP contribution < -0.4 is 9.62 Å². The molecule has 1 aliphatic heterocycles. The summed E-state index contributed by atoms with van der Waals surface area (Å²) >= 11 is 0. The van der Waals surface area contributed by atoms with Crippen LogP contribution in [0.3, 0.4) is 0 Å². The number of hydrogen-bond donors (Lipinski definition) is 1. The van der Waals surface area contributed by atoms with Gasteiger partial charge >= 0.3 is 0 Å². The molecule has 1 amide bonds. The van der Waals surface area contributed by atoms with E-state index in [0.717, 1.165) is 47.5 Å². The van der Waals surface area contributed by atoms with Crippen LogP contribution in [0, 0.1) is 0 Å².